The maximum Gasteiger partial charge on any atom is 0.223 e. The van der Waals surface area contributed by atoms with Crippen LogP contribution in [0.1, 0.15) is 12.8 Å². The maximum atomic E-state index is 11.4. The smallest absolute Gasteiger partial charge is 0.223 e. The predicted octanol–water partition coefficient (Wildman–Crippen LogP) is 1.19. The molecule has 1 fully saturated rings. The van der Waals surface area contributed by atoms with Crippen LogP contribution in [0.5, 0.6) is 11.5 Å². The first-order valence-corrected chi connectivity index (χ1v) is 7.05. The summed E-state index contributed by atoms with van der Waals surface area (Å²) in [6.07, 6.45) is 2.10. The predicted molar refractivity (Wildman–Crippen MR) is 77.1 cm³/mol. The Morgan fingerprint density at radius 2 is 1.85 bits per heavy atom. The summed E-state index contributed by atoms with van der Waals surface area (Å²) in [6, 6.07) is 7.51. The summed E-state index contributed by atoms with van der Waals surface area (Å²) in [6.45, 7) is 2.80. The van der Waals surface area contributed by atoms with E-state index >= 15 is 0 Å². The molecule has 0 spiro atoms. The van der Waals surface area contributed by atoms with Gasteiger partial charge in [0.25, 0.3) is 0 Å². The lowest BCUT2D eigenvalue weighted by Crippen LogP contribution is -2.34. The van der Waals surface area contributed by atoms with Crippen LogP contribution in [0.2, 0.25) is 0 Å². The highest BCUT2D eigenvalue weighted by molar-refractivity contribution is 5.80. The third-order valence-corrected chi connectivity index (χ3v) is 3.16. The SMILES string of the molecule is COc1ccc(OCCNCCNC(=O)C2CC2)cc1. The minimum absolute atomic E-state index is 0.196. The third kappa shape index (κ3) is 5.09. The number of hydrogen-bond donors (Lipinski definition) is 2. The van der Waals surface area contributed by atoms with Crippen molar-refractivity contribution in [3.05, 3.63) is 24.3 Å². The summed E-state index contributed by atoms with van der Waals surface area (Å²) in [5, 5.41) is 6.14. The average molecular weight is 278 g/mol. The fourth-order valence-electron chi connectivity index (χ4n) is 1.80. The molecule has 110 valence electrons. The average Bonchev–Trinajstić information content (AvgIpc) is 3.31. The van der Waals surface area contributed by atoms with Crippen LogP contribution in [0.4, 0.5) is 0 Å². The third-order valence-electron chi connectivity index (χ3n) is 3.16. The Morgan fingerprint density at radius 1 is 1.15 bits per heavy atom. The molecule has 1 aromatic rings. The summed E-state index contributed by atoms with van der Waals surface area (Å²) in [7, 11) is 1.64. The highest BCUT2D eigenvalue weighted by Gasteiger charge is 2.28. The number of nitrogens with one attached hydrogen (secondary N) is 2. The molecule has 0 aliphatic heterocycles. The van der Waals surface area contributed by atoms with Gasteiger partial charge in [0.1, 0.15) is 18.1 Å². The molecule has 2 N–H and O–H groups in total. The number of carbonyl (C=O) groups is 1. The molecule has 0 aromatic heterocycles. The van der Waals surface area contributed by atoms with Gasteiger partial charge in [0.2, 0.25) is 5.91 Å². The zero-order valence-electron chi connectivity index (χ0n) is 11.9. The second-order valence-electron chi connectivity index (χ2n) is 4.84. The van der Waals surface area contributed by atoms with Gasteiger partial charge in [-0.25, -0.2) is 0 Å². The lowest BCUT2D eigenvalue weighted by atomic mass is 10.3. The number of rotatable bonds is 9. The minimum atomic E-state index is 0.196. The zero-order chi connectivity index (χ0) is 14.2. The molecule has 1 aromatic carbocycles. The molecule has 0 saturated heterocycles. The van der Waals surface area contributed by atoms with Gasteiger partial charge >= 0.3 is 0 Å². The topological polar surface area (TPSA) is 59.6 Å². The quantitative estimate of drug-likeness (QED) is 0.666. The lowest BCUT2D eigenvalue weighted by molar-refractivity contribution is -0.122. The van der Waals surface area contributed by atoms with Gasteiger partial charge in [0.05, 0.1) is 7.11 Å². The van der Waals surface area contributed by atoms with E-state index in [9.17, 15) is 4.79 Å². The number of carbonyl (C=O) groups excluding carboxylic acids is 1. The van der Waals surface area contributed by atoms with Crippen molar-refractivity contribution >= 4 is 5.91 Å². The number of benzene rings is 1. The van der Waals surface area contributed by atoms with Gasteiger partial charge in [-0.05, 0) is 37.1 Å². The Labute approximate surface area is 119 Å². The number of amides is 1. The van der Waals surface area contributed by atoms with Crippen LogP contribution < -0.4 is 20.1 Å². The normalized spacial score (nSPS) is 13.8. The molecule has 1 aliphatic carbocycles. The number of ether oxygens (including phenoxy) is 2. The molecule has 0 radical (unpaired) electrons. The molecule has 0 atom stereocenters. The van der Waals surface area contributed by atoms with E-state index in [1.807, 2.05) is 24.3 Å². The van der Waals surface area contributed by atoms with Gasteiger partial charge in [-0.2, -0.15) is 0 Å². The van der Waals surface area contributed by atoms with Crippen molar-refractivity contribution in [2.45, 2.75) is 12.8 Å². The van der Waals surface area contributed by atoms with Crippen molar-refractivity contribution in [1.82, 2.24) is 10.6 Å². The molecule has 0 unspecified atom stereocenters. The van der Waals surface area contributed by atoms with Gasteiger partial charge in [0, 0.05) is 25.6 Å². The van der Waals surface area contributed by atoms with Gasteiger partial charge in [-0.15, -0.1) is 0 Å². The van der Waals surface area contributed by atoms with Crippen molar-refractivity contribution in [3.63, 3.8) is 0 Å². The van der Waals surface area contributed by atoms with Crippen LogP contribution in [0.25, 0.3) is 0 Å². The fraction of sp³-hybridized carbons (Fsp3) is 0.533. The van der Waals surface area contributed by atoms with E-state index < -0.39 is 0 Å². The van der Waals surface area contributed by atoms with Crippen LogP contribution >= 0.6 is 0 Å². The summed E-state index contributed by atoms with van der Waals surface area (Å²) >= 11 is 0. The van der Waals surface area contributed by atoms with E-state index in [2.05, 4.69) is 10.6 Å². The molecule has 0 heterocycles. The molecule has 20 heavy (non-hydrogen) atoms. The zero-order valence-corrected chi connectivity index (χ0v) is 11.9. The Bertz CT molecular complexity index is 416. The second kappa shape index (κ2) is 7.75. The number of hydrogen-bond acceptors (Lipinski definition) is 4. The van der Waals surface area contributed by atoms with E-state index in [0.717, 1.165) is 37.4 Å². The molecule has 1 amide bonds. The Balaban J connectivity index is 1.47. The molecule has 2 rings (SSSR count). The van der Waals surface area contributed by atoms with Crippen LogP contribution in [0.3, 0.4) is 0 Å². The van der Waals surface area contributed by atoms with Gasteiger partial charge in [0.15, 0.2) is 0 Å². The molecule has 0 bridgehead atoms. The van der Waals surface area contributed by atoms with Crippen molar-refractivity contribution in [2.75, 3.05) is 33.4 Å². The van der Waals surface area contributed by atoms with Crippen molar-refractivity contribution in [2.24, 2.45) is 5.92 Å². The van der Waals surface area contributed by atoms with Crippen LogP contribution in [-0.4, -0.2) is 39.3 Å². The molecule has 1 aliphatic rings. The molecule has 1 saturated carbocycles. The Kier molecular flexibility index (Phi) is 5.68. The monoisotopic (exact) mass is 278 g/mol. The fourth-order valence-corrected chi connectivity index (χ4v) is 1.80. The van der Waals surface area contributed by atoms with Crippen molar-refractivity contribution in [1.29, 1.82) is 0 Å². The van der Waals surface area contributed by atoms with Gasteiger partial charge < -0.3 is 20.1 Å². The minimum Gasteiger partial charge on any atom is -0.497 e. The van der Waals surface area contributed by atoms with E-state index in [1.165, 1.54) is 0 Å². The lowest BCUT2D eigenvalue weighted by Gasteiger charge is -2.08. The van der Waals surface area contributed by atoms with Crippen LogP contribution in [-0.2, 0) is 4.79 Å². The summed E-state index contributed by atoms with van der Waals surface area (Å²) in [4.78, 5) is 11.4. The largest absolute Gasteiger partial charge is 0.497 e. The van der Waals surface area contributed by atoms with Crippen LogP contribution in [0, 0.1) is 5.92 Å². The Morgan fingerprint density at radius 3 is 2.50 bits per heavy atom. The molecular formula is C15H22N2O3. The summed E-state index contributed by atoms with van der Waals surface area (Å²) in [5.41, 5.74) is 0. The van der Waals surface area contributed by atoms with Crippen LogP contribution in [0.15, 0.2) is 24.3 Å². The first-order chi connectivity index (χ1) is 9.79. The molecule has 5 heteroatoms. The summed E-state index contributed by atoms with van der Waals surface area (Å²) < 4.78 is 10.7. The first-order valence-electron chi connectivity index (χ1n) is 7.05. The molecule has 5 nitrogen and oxygen atoms in total. The molecular weight excluding hydrogens is 256 g/mol. The number of methoxy groups -OCH3 is 1. The first kappa shape index (κ1) is 14.7. The maximum absolute atomic E-state index is 11.4. The second-order valence-corrected chi connectivity index (χ2v) is 4.84. The highest BCUT2D eigenvalue weighted by Crippen LogP contribution is 2.28. The van der Waals surface area contributed by atoms with E-state index in [-0.39, 0.29) is 11.8 Å². The van der Waals surface area contributed by atoms with E-state index in [1.54, 1.807) is 7.11 Å². The standard InChI is InChI=1S/C15H22N2O3/c1-19-13-4-6-14(7-5-13)20-11-10-16-8-9-17-15(18)12-2-3-12/h4-7,12,16H,2-3,8-11H2,1H3,(H,17,18). The highest BCUT2D eigenvalue weighted by atomic mass is 16.5. The van der Waals surface area contributed by atoms with Crippen molar-refractivity contribution < 1.29 is 14.3 Å². The Hall–Kier alpha value is -1.75. The van der Waals surface area contributed by atoms with E-state index in [0.29, 0.717) is 13.2 Å². The van der Waals surface area contributed by atoms with Gasteiger partial charge in [-0.3, -0.25) is 4.79 Å². The van der Waals surface area contributed by atoms with E-state index in [4.69, 9.17) is 9.47 Å². The van der Waals surface area contributed by atoms with Crippen molar-refractivity contribution in [3.8, 4) is 11.5 Å². The summed E-state index contributed by atoms with van der Waals surface area (Å²) in [5.74, 6) is 2.13. The van der Waals surface area contributed by atoms with Gasteiger partial charge in [-0.1, -0.05) is 0 Å².